The van der Waals surface area contributed by atoms with Crippen LogP contribution in [0.5, 0.6) is 0 Å². The number of hydrogen-bond acceptors (Lipinski definition) is 5. The van der Waals surface area contributed by atoms with E-state index in [2.05, 4.69) is 10.4 Å². The Bertz CT molecular complexity index is 479. The molecule has 2 rings (SSSR count). The van der Waals surface area contributed by atoms with Crippen molar-refractivity contribution in [2.24, 2.45) is 0 Å². The Morgan fingerprint density at radius 2 is 2.53 bits per heavy atom. The van der Waals surface area contributed by atoms with Crippen LogP contribution in [-0.2, 0) is 16.1 Å². The average molecular weight is 268 g/mol. The molecule has 0 bridgehead atoms. The summed E-state index contributed by atoms with van der Waals surface area (Å²) in [6.45, 7) is 2.73. The van der Waals surface area contributed by atoms with Gasteiger partial charge in [0.1, 0.15) is 18.4 Å². The third kappa shape index (κ3) is 3.50. The number of nitrogens with zero attached hydrogens (tertiary/aromatic N) is 3. The van der Waals surface area contributed by atoms with Gasteiger partial charge in [-0.3, -0.25) is 19.6 Å². The fraction of sp³-hybridized carbons (Fsp3) is 0.636. The highest BCUT2D eigenvalue weighted by atomic mass is 16.6. The molecule has 0 radical (unpaired) electrons. The summed E-state index contributed by atoms with van der Waals surface area (Å²) in [5.74, 6) is -0.229. The molecule has 1 aromatic heterocycles. The molecule has 0 saturated carbocycles. The lowest BCUT2D eigenvalue weighted by atomic mass is 10.2. The van der Waals surface area contributed by atoms with E-state index in [-0.39, 0.29) is 24.2 Å². The van der Waals surface area contributed by atoms with Crippen LogP contribution in [-0.4, -0.2) is 39.9 Å². The third-order valence-corrected chi connectivity index (χ3v) is 2.97. The second-order valence-electron chi connectivity index (χ2n) is 4.49. The highest BCUT2D eigenvalue weighted by Gasteiger charge is 2.18. The monoisotopic (exact) mass is 268 g/mol. The van der Waals surface area contributed by atoms with Crippen LogP contribution >= 0.6 is 0 Å². The molecule has 0 spiro atoms. The summed E-state index contributed by atoms with van der Waals surface area (Å²) in [5, 5.41) is 17.3. The first-order valence-electron chi connectivity index (χ1n) is 6.13. The van der Waals surface area contributed by atoms with E-state index in [4.69, 9.17) is 4.74 Å². The van der Waals surface area contributed by atoms with Crippen LogP contribution in [0.1, 0.15) is 18.5 Å². The molecule has 104 valence electrons. The Labute approximate surface area is 109 Å². The fourth-order valence-corrected chi connectivity index (χ4v) is 2.00. The quantitative estimate of drug-likeness (QED) is 0.615. The maximum absolute atomic E-state index is 11.7. The van der Waals surface area contributed by atoms with Crippen LogP contribution < -0.4 is 5.32 Å². The van der Waals surface area contributed by atoms with E-state index in [0.717, 1.165) is 19.4 Å². The summed E-state index contributed by atoms with van der Waals surface area (Å²) in [4.78, 5) is 21.8. The van der Waals surface area contributed by atoms with Gasteiger partial charge in [-0.15, -0.1) is 0 Å². The summed E-state index contributed by atoms with van der Waals surface area (Å²) in [7, 11) is 0. The van der Waals surface area contributed by atoms with Crippen LogP contribution in [0, 0.1) is 17.0 Å². The first kappa shape index (κ1) is 13.5. The number of carbonyl (C=O) groups is 1. The van der Waals surface area contributed by atoms with Gasteiger partial charge in [0, 0.05) is 13.2 Å². The molecule has 2 heterocycles. The molecule has 0 aliphatic carbocycles. The van der Waals surface area contributed by atoms with E-state index < -0.39 is 4.92 Å². The summed E-state index contributed by atoms with van der Waals surface area (Å²) >= 11 is 0. The zero-order chi connectivity index (χ0) is 13.8. The lowest BCUT2D eigenvalue weighted by Gasteiger charge is -2.10. The summed E-state index contributed by atoms with van der Waals surface area (Å²) in [5.41, 5.74) is 0.226. The van der Waals surface area contributed by atoms with Crippen molar-refractivity contribution < 1.29 is 14.5 Å². The normalized spacial score (nSPS) is 18.5. The molecule has 8 heteroatoms. The lowest BCUT2D eigenvalue weighted by molar-refractivity contribution is -0.385. The van der Waals surface area contributed by atoms with Gasteiger partial charge >= 0.3 is 5.69 Å². The number of nitro groups is 1. The minimum atomic E-state index is -0.511. The number of aromatic nitrogens is 2. The summed E-state index contributed by atoms with van der Waals surface area (Å²) in [6.07, 6.45) is 3.32. The smallest absolute Gasteiger partial charge is 0.309 e. The Morgan fingerprint density at radius 1 is 1.74 bits per heavy atom. The fourth-order valence-electron chi connectivity index (χ4n) is 2.00. The summed E-state index contributed by atoms with van der Waals surface area (Å²) < 4.78 is 6.66. The maximum atomic E-state index is 11.7. The van der Waals surface area contributed by atoms with Crippen molar-refractivity contribution in [3.05, 3.63) is 22.0 Å². The third-order valence-electron chi connectivity index (χ3n) is 2.97. The van der Waals surface area contributed by atoms with Gasteiger partial charge in [-0.05, 0) is 19.8 Å². The van der Waals surface area contributed by atoms with Gasteiger partial charge in [-0.25, -0.2) is 0 Å². The second-order valence-corrected chi connectivity index (χ2v) is 4.49. The molecule has 1 N–H and O–H groups in total. The molecule has 1 aromatic rings. The van der Waals surface area contributed by atoms with Crippen LogP contribution in [0.3, 0.4) is 0 Å². The van der Waals surface area contributed by atoms with Gasteiger partial charge in [-0.2, -0.15) is 5.10 Å². The number of aryl methyl sites for hydroxylation is 1. The van der Waals surface area contributed by atoms with Crippen LogP contribution in [0.15, 0.2) is 6.20 Å². The topological polar surface area (TPSA) is 99.3 Å². The first-order valence-corrected chi connectivity index (χ1v) is 6.13. The lowest BCUT2D eigenvalue weighted by Crippen LogP contribution is -2.34. The summed E-state index contributed by atoms with van der Waals surface area (Å²) in [6, 6.07) is 0. The molecule has 1 amide bonds. The largest absolute Gasteiger partial charge is 0.376 e. The predicted molar refractivity (Wildman–Crippen MR) is 65.6 cm³/mol. The molecular weight excluding hydrogens is 252 g/mol. The number of amides is 1. The Balaban J connectivity index is 1.84. The van der Waals surface area contributed by atoms with E-state index in [9.17, 15) is 14.9 Å². The van der Waals surface area contributed by atoms with Gasteiger partial charge in [-0.1, -0.05) is 0 Å². The van der Waals surface area contributed by atoms with Crippen molar-refractivity contribution in [3.8, 4) is 0 Å². The van der Waals surface area contributed by atoms with Crippen molar-refractivity contribution in [3.63, 3.8) is 0 Å². The van der Waals surface area contributed by atoms with E-state index in [1.807, 2.05) is 0 Å². The van der Waals surface area contributed by atoms with Crippen molar-refractivity contribution >= 4 is 11.6 Å². The van der Waals surface area contributed by atoms with Crippen molar-refractivity contribution in [1.82, 2.24) is 15.1 Å². The molecule has 1 atom stereocenters. The number of rotatable bonds is 5. The molecule has 19 heavy (non-hydrogen) atoms. The van der Waals surface area contributed by atoms with Gasteiger partial charge < -0.3 is 10.1 Å². The predicted octanol–water partition coefficient (Wildman–Crippen LogP) is 0.395. The molecule has 1 aliphatic heterocycles. The molecule has 8 nitrogen and oxygen atoms in total. The van der Waals surface area contributed by atoms with E-state index >= 15 is 0 Å². The minimum absolute atomic E-state index is 0.0264. The first-order chi connectivity index (χ1) is 9.06. The number of hydrogen-bond donors (Lipinski definition) is 1. The van der Waals surface area contributed by atoms with Crippen LogP contribution in [0.4, 0.5) is 5.69 Å². The Kier molecular flexibility index (Phi) is 4.10. The number of ether oxygens (including phenoxy) is 1. The van der Waals surface area contributed by atoms with Crippen LogP contribution in [0.2, 0.25) is 0 Å². The second kappa shape index (κ2) is 5.79. The SMILES string of the molecule is Cc1nn(CC(=O)NCC2CCCO2)cc1[N+](=O)[O-]. The zero-order valence-electron chi connectivity index (χ0n) is 10.7. The van der Waals surface area contributed by atoms with Crippen molar-refractivity contribution in [2.75, 3.05) is 13.2 Å². The standard InChI is InChI=1S/C11H16N4O4/c1-8-10(15(17)18)6-14(13-8)7-11(16)12-5-9-3-2-4-19-9/h6,9H,2-5,7H2,1H3,(H,12,16). The minimum Gasteiger partial charge on any atom is -0.376 e. The van der Waals surface area contributed by atoms with Crippen LogP contribution in [0.25, 0.3) is 0 Å². The average Bonchev–Trinajstić information content (AvgIpc) is 2.96. The van der Waals surface area contributed by atoms with Crippen molar-refractivity contribution in [1.29, 1.82) is 0 Å². The van der Waals surface area contributed by atoms with Crippen molar-refractivity contribution in [2.45, 2.75) is 32.4 Å². The highest BCUT2D eigenvalue weighted by molar-refractivity contribution is 5.75. The van der Waals surface area contributed by atoms with E-state index in [1.165, 1.54) is 10.9 Å². The van der Waals surface area contributed by atoms with Gasteiger partial charge in [0.25, 0.3) is 0 Å². The molecule has 1 fully saturated rings. The molecule has 0 aromatic carbocycles. The number of carbonyl (C=O) groups excluding carboxylic acids is 1. The molecule has 1 unspecified atom stereocenters. The molecule has 1 aliphatic rings. The van der Waals surface area contributed by atoms with E-state index in [1.54, 1.807) is 6.92 Å². The highest BCUT2D eigenvalue weighted by Crippen LogP contribution is 2.14. The Hall–Kier alpha value is -1.96. The number of nitrogens with one attached hydrogen (secondary N) is 1. The zero-order valence-corrected chi connectivity index (χ0v) is 10.7. The maximum Gasteiger partial charge on any atom is 0.309 e. The van der Waals surface area contributed by atoms with Gasteiger partial charge in [0.15, 0.2) is 0 Å². The molecule has 1 saturated heterocycles. The van der Waals surface area contributed by atoms with Gasteiger partial charge in [0.05, 0.1) is 11.0 Å². The van der Waals surface area contributed by atoms with Gasteiger partial charge in [0.2, 0.25) is 5.91 Å². The molecular formula is C11H16N4O4. The van der Waals surface area contributed by atoms with E-state index in [0.29, 0.717) is 12.2 Å². The Morgan fingerprint density at radius 3 is 3.11 bits per heavy atom.